The Hall–Kier alpha value is -1.33. The zero-order valence-corrected chi connectivity index (χ0v) is 8.35. The molecule has 0 radical (unpaired) electrons. The molecule has 2 N–H and O–H groups in total. The Morgan fingerprint density at radius 1 is 1.40 bits per heavy atom. The summed E-state index contributed by atoms with van der Waals surface area (Å²) in [7, 11) is -1.69. The summed E-state index contributed by atoms with van der Waals surface area (Å²) >= 11 is 0. The van der Waals surface area contributed by atoms with E-state index in [4.69, 9.17) is 14.8 Å². The smallest absolute Gasteiger partial charge is 0.488 e. The van der Waals surface area contributed by atoms with E-state index in [1.54, 1.807) is 12.2 Å². The summed E-state index contributed by atoms with van der Waals surface area (Å²) < 4.78 is 18.1. The average Bonchev–Trinajstić information content (AvgIpc) is 2.17. The molecule has 1 aromatic rings. The highest BCUT2D eigenvalue weighted by molar-refractivity contribution is 6.58. The van der Waals surface area contributed by atoms with Crippen LogP contribution in [0.4, 0.5) is 4.39 Å². The van der Waals surface area contributed by atoms with Crippen molar-refractivity contribution in [3.05, 3.63) is 36.2 Å². The number of halogens is 1. The Labute approximate surface area is 88.0 Å². The Morgan fingerprint density at radius 3 is 2.73 bits per heavy atom. The van der Waals surface area contributed by atoms with Gasteiger partial charge in [-0.05, 0) is 24.5 Å². The van der Waals surface area contributed by atoms with Crippen LogP contribution < -0.4 is 10.2 Å². The molecule has 80 valence electrons. The van der Waals surface area contributed by atoms with Gasteiger partial charge in [-0.25, -0.2) is 4.39 Å². The summed E-state index contributed by atoms with van der Waals surface area (Å²) in [6, 6.07) is 3.62. The second kappa shape index (κ2) is 5.53. The van der Waals surface area contributed by atoms with Crippen LogP contribution >= 0.6 is 0 Å². The van der Waals surface area contributed by atoms with Crippen molar-refractivity contribution in [3.8, 4) is 5.75 Å². The van der Waals surface area contributed by atoms with Gasteiger partial charge in [-0.15, -0.1) is 0 Å². The maximum atomic E-state index is 13.0. The van der Waals surface area contributed by atoms with Gasteiger partial charge in [-0.3, -0.25) is 0 Å². The van der Waals surface area contributed by atoms with E-state index >= 15 is 0 Å². The van der Waals surface area contributed by atoms with Crippen LogP contribution in [0.1, 0.15) is 6.92 Å². The van der Waals surface area contributed by atoms with Gasteiger partial charge in [0, 0.05) is 6.07 Å². The molecular formula is C10H12BFO3. The zero-order valence-electron chi connectivity index (χ0n) is 8.35. The summed E-state index contributed by atoms with van der Waals surface area (Å²) in [6.07, 6.45) is 3.57. The second-order valence-corrected chi connectivity index (χ2v) is 2.97. The fourth-order valence-corrected chi connectivity index (χ4v) is 1.06. The maximum absolute atomic E-state index is 13.0. The Balaban J connectivity index is 2.79. The highest BCUT2D eigenvalue weighted by atomic mass is 19.1. The maximum Gasteiger partial charge on any atom is 0.488 e. The van der Waals surface area contributed by atoms with Gasteiger partial charge in [0.25, 0.3) is 0 Å². The van der Waals surface area contributed by atoms with Crippen LogP contribution in [0.3, 0.4) is 0 Å². The van der Waals surface area contributed by atoms with Gasteiger partial charge in [0.15, 0.2) is 0 Å². The molecule has 0 aliphatic rings. The fourth-order valence-electron chi connectivity index (χ4n) is 1.06. The molecule has 0 aliphatic carbocycles. The zero-order chi connectivity index (χ0) is 11.3. The Kier molecular flexibility index (Phi) is 4.33. The molecule has 1 aromatic carbocycles. The summed E-state index contributed by atoms with van der Waals surface area (Å²) in [4.78, 5) is 0. The predicted molar refractivity (Wildman–Crippen MR) is 56.5 cm³/mol. The van der Waals surface area contributed by atoms with Crippen molar-refractivity contribution in [2.24, 2.45) is 0 Å². The van der Waals surface area contributed by atoms with E-state index in [0.29, 0.717) is 6.61 Å². The highest BCUT2D eigenvalue weighted by Gasteiger charge is 2.13. The molecule has 0 atom stereocenters. The van der Waals surface area contributed by atoms with Crippen molar-refractivity contribution in [2.75, 3.05) is 6.61 Å². The lowest BCUT2D eigenvalue weighted by molar-refractivity contribution is 0.360. The highest BCUT2D eigenvalue weighted by Crippen LogP contribution is 2.10. The van der Waals surface area contributed by atoms with Crippen molar-refractivity contribution < 1.29 is 19.2 Å². The molecule has 0 fully saturated rings. The molecule has 0 bridgehead atoms. The molecule has 0 amide bonds. The molecule has 0 spiro atoms. The summed E-state index contributed by atoms with van der Waals surface area (Å²) in [5.74, 6) is -0.285. The first-order chi connectivity index (χ1) is 7.13. The van der Waals surface area contributed by atoms with Gasteiger partial charge in [0.05, 0.1) is 0 Å². The third kappa shape index (κ3) is 3.73. The molecule has 0 aromatic heterocycles. The minimum atomic E-state index is -1.69. The van der Waals surface area contributed by atoms with Crippen LogP contribution in [0.2, 0.25) is 0 Å². The second-order valence-electron chi connectivity index (χ2n) is 2.97. The van der Waals surface area contributed by atoms with E-state index in [-0.39, 0.29) is 11.2 Å². The molecule has 15 heavy (non-hydrogen) atoms. The number of hydrogen-bond donors (Lipinski definition) is 2. The van der Waals surface area contributed by atoms with Crippen LogP contribution in [0.5, 0.6) is 5.75 Å². The minimum absolute atomic E-state index is 0.0745. The Bertz CT molecular complexity index is 353. The van der Waals surface area contributed by atoms with Gasteiger partial charge in [0.2, 0.25) is 0 Å². The molecule has 5 heteroatoms. The van der Waals surface area contributed by atoms with Gasteiger partial charge in [0.1, 0.15) is 18.2 Å². The SMILES string of the molecule is C/C=C/COc1cc(F)cc(B(O)O)c1. The van der Waals surface area contributed by atoms with Crippen LogP contribution in [-0.4, -0.2) is 23.8 Å². The predicted octanol–water partition coefficient (Wildman–Crippen LogP) is 0.460. The van der Waals surface area contributed by atoms with Gasteiger partial charge >= 0.3 is 7.12 Å². The van der Waals surface area contributed by atoms with E-state index in [2.05, 4.69) is 0 Å². The largest absolute Gasteiger partial charge is 0.489 e. The molecule has 0 saturated heterocycles. The summed E-state index contributed by atoms with van der Waals surface area (Å²) in [5, 5.41) is 17.7. The van der Waals surface area contributed by atoms with E-state index in [1.165, 1.54) is 12.1 Å². The lowest BCUT2D eigenvalue weighted by Crippen LogP contribution is -2.30. The lowest BCUT2D eigenvalue weighted by atomic mass is 9.80. The summed E-state index contributed by atoms with van der Waals surface area (Å²) in [5.41, 5.74) is 0.0745. The molecular weight excluding hydrogens is 198 g/mol. The van der Waals surface area contributed by atoms with Crippen molar-refractivity contribution >= 4 is 12.6 Å². The average molecular weight is 210 g/mol. The van der Waals surface area contributed by atoms with Crippen molar-refractivity contribution in [3.63, 3.8) is 0 Å². The molecule has 0 aliphatic heterocycles. The van der Waals surface area contributed by atoms with Crippen LogP contribution in [-0.2, 0) is 0 Å². The number of ether oxygens (including phenoxy) is 1. The van der Waals surface area contributed by atoms with Crippen molar-refractivity contribution in [1.82, 2.24) is 0 Å². The fraction of sp³-hybridized carbons (Fsp3) is 0.200. The Morgan fingerprint density at radius 2 is 2.13 bits per heavy atom. The normalized spacial score (nSPS) is 10.7. The molecule has 0 unspecified atom stereocenters. The van der Waals surface area contributed by atoms with E-state index in [1.807, 2.05) is 6.92 Å². The number of rotatable bonds is 4. The minimum Gasteiger partial charge on any atom is -0.489 e. The topological polar surface area (TPSA) is 49.7 Å². The van der Waals surface area contributed by atoms with Gasteiger partial charge in [-0.1, -0.05) is 12.2 Å². The standard InChI is InChI=1S/C10H12BFO3/c1-2-3-4-15-10-6-8(11(13)14)5-9(12)7-10/h2-3,5-7,13-14H,4H2,1H3/b3-2+. The first kappa shape index (κ1) is 11.7. The number of allylic oxidation sites excluding steroid dienone is 1. The molecule has 0 heterocycles. The molecule has 0 saturated carbocycles. The number of hydrogen-bond acceptors (Lipinski definition) is 3. The first-order valence-corrected chi connectivity index (χ1v) is 4.54. The van der Waals surface area contributed by atoms with Gasteiger partial charge < -0.3 is 14.8 Å². The van der Waals surface area contributed by atoms with Crippen molar-refractivity contribution in [1.29, 1.82) is 0 Å². The summed E-state index contributed by atoms with van der Waals surface area (Å²) in [6.45, 7) is 2.17. The van der Waals surface area contributed by atoms with Crippen molar-refractivity contribution in [2.45, 2.75) is 6.92 Å². The van der Waals surface area contributed by atoms with Gasteiger partial charge in [-0.2, -0.15) is 0 Å². The van der Waals surface area contributed by atoms with Crippen LogP contribution in [0.15, 0.2) is 30.4 Å². The third-order valence-electron chi connectivity index (χ3n) is 1.77. The third-order valence-corrected chi connectivity index (χ3v) is 1.77. The van der Waals surface area contributed by atoms with E-state index in [9.17, 15) is 4.39 Å². The van der Waals surface area contributed by atoms with E-state index < -0.39 is 12.9 Å². The quantitative estimate of drug-likeness (QED) is 0.560. The number of benzene rings is 1. The van der Waals surface area contributed by atoms with Crippen LogP contribution in [0, 0.1) is 5.82 Å². The lowest BCUT2D eigenvalue weighted by Gasteiger charge is -2.06. The monoisotopic (exact) mass is 210 g/mol. The van der Waals surface area contributed by atoms with E-state index in [0.717, 1.165) is 6.07 Å². The molecule has 1 rings (SSSR count). The first-order valence-electron chi connectivity index (χ1n) is 4.54. The van der Waals surface area contributed by atoms with Crippen LogP contribution in [0.25, 0.3) is 0 Å². The molecule has 3 nitrogen and oxygen atoms in total.